The Balaban J connectivity index is 2.51. The minimum atomic E-state index is 0.443. The molecule has 0 aliphatic heterocycles. The maximum Gasteiger partial charge on any atom is 0.118 e. The second-order valence-electron chi connectivity index (χ2n) is 4.86. The summed E-state index contributed by atoms with van der Waals surface area (Å²) in [6, 6.07) is 7.68. The third-order valence-corrected chi connectivity index (χ3v) is 3.45. The van der Waals surface area contributed by atoms with Crippen molar-refractivity contribution < 1.29 is 5.11 Å². The molecular formula is C15H24O. The van der Waals surface area contributed by atoms with Crippen LogP contribution in [0.4, 0.5) is 0 Å². The summed E-state index contributed by atoms with van der Waals surface area (Å²) in [7, 11) is 0. The van der Waals surface area contributed by atoms with Gasteiger partial charge in [-0.25, -0.2) is 0 Å². The van der Waals surface area contributed by atoms with Gasteiger partial charge in [0.15, 0.2) is 0 Å². The molecule has 0 saturated heterocycles. The minimum Gasteiger partial charge on any atom is -0.508 e. The number of rotatable bonds is 6. The maximum absolute atomic E-state index is 9.71. The van der Waals surface area contributed by atoms with Crippen molar-refractivity contribution >= 4 is 0 Å². The van der Waals surface area contributed by atoms with Gasteiger partial charge in [0.1, 0.15) is 5.75 Å². The molecule has 0 aliphatic rings. The van der Waals surface area contributed by atoms with Gasteiger partial charge in [0.05, 0.1) is 0 Å². The lowest BCUT2D eigenvalue weighted by Gasteiger charge is -2.18. The van der Waals surface area contributed by atoms with Crippen LogP contribution in [0.3, 0.4) is 0 Å². The van der Waals surface area contributed by atoms with E-state index in [0.29, 0.717) is 11.7 Å². The Hall–Kier alpha value is -0.980. The van der Waals surface area contributed by atoms with Gasteiger partial charge in [0, 0.05) is 0 Å². The zero-order valence-corrected chi connectivity index (χ0v) is 10.7. The van der Waals surface area contributed by atoms with Crippen molar-refractivity contribution in [1.82, 2.24) is 0 Å². The van der Waals surface area contributed by atoms with Gasteiger partial charge in [0.2, 0.25) is 0 Å². The van der Waals surface area contributed by atoms with E-state index in [1.807, 2.05) is 18.2 Å². The molecule has 1 unspecified atom stereocenters. The first kappa shape index (κ1) is 13.1. The van der Waals surface area contributed by atoms with Crippen molar-refractivity contribution in [2.75, 3.05) is 0 Å². The summed E-state index contributed by atoms with van der Waals surface area (Å²) >= 11 is 0. The Morgan fingerprint density at radius 3 is 2.31 bits per heavy atom. The van der Waals surface area contributed by atoms with E-state index in [1.54, 1.807) is 6.07 Å². The van der Waals surface area contributed by atoms with Gasteiger partial charge in [-0.15, -0.1) is 0 Å². The fourth-order valence-electron chi connectivity index (χ4n) is 2.33. The first-order valence-electron chi connectivity index (χ1n) is 6.44. The van der Waals surface area contributed by atoms with E-state index in [2.05, 4.69) is 20.8 Å². The quantitative estimate of drug-likeness (QED) is 0.753. The smallest absolute Gasteiger partial charge is 0.118 e. The molecule has 0 spiro atoms. The van der Waals surface area contributed by atoms with Crippen molar-refractivity contribution in [2.24, 2.45) is 11.8 Å². The summed E-state index contributed by atoms with van der Waals surface area (Å²) in [5.74, 6) is 1.93. The Kier molecular flexibility index (Phi) is 5.37. The van der Waals surface area contributed by atoms with Crippen LogP contribution in [0, 0.1) is 11.8 Å². The molecule has 0 fully saturated rings. The molecule has 1 aromatic carbocycles. The minimum absolute atomic E-state index is 0.443. The first-order valence-corrected chi connectivity index (χ1v) is 6.44. The number of aromatic hydroxyl groups is 1. The van der Waals surface area contributed by atoms with E-state index in [0.717, 1.165) is 17.9 Å². The molecule has 0 saturated carbocycles. The highest BCUT2D eigenvalue weighted by Gasteiger charge is 2.11. The fraction of sp³-hybridized carbons (Fsp3) is 0.600. The summed E-state index contributed by atoms with van der Waals surface area (Å²) in [5.41, 5.74) is 1.08. The van der Waals surface area contributed by atoms with Crippen molar-refractivity contribution in [3.63, 3.8) is 0 Å². The topological polar surface area (TPSA) is 20.2 Å². The van der Waals surface area contributed by atoms with E-state index < -0.39 is 0 Å². The van der Waals surface area contributed by atoms with E-state index in [4.69, 9.17) is 0 Å². The molecule has 0 radical (unpaired) electrons. The molecule has 0 bridgehead atoms. The number of para-hydroxylation sites is 1. The Morgan fingerprint density at radius 2 is 1.75 bits per heavy atom. The number of benzene rings is 1. The van der Waals surface area contributed by atoms with Crippen LogP contribution in [0.2, 0.25) is 0 Å². The molecule has 90 valence electrons. The number of hydrogen-bond acceptors (Lipinski definition) is 1. The lowest BCUT2D eigenvalue weighted by molar-refractivity contribution is 0.365. The molecule has 1 atom stereocenters. The van der Waals surface area contributed by atoms with Crippen LogP contribution in [0.15, 0.2) is 24.3 Å². The average Bonchev–Trinajstić information content (AvgIpc) is 2.29. The Morgan fingerprint density at radius 1 is 1.12 bits per heavy atom. The highest BCUT2D eigenvalue weighted by atomic mass is 16.3. The van der Waals surface area contributed by atoms with Crippen LogP contribution in [0.1, 0.15) is 45.6 Å². The van der Waals surface area contributed by atoms with Crippen LogP contribution in [0.5, 0.6) is 5.75 Å². The normalized spacial score (nSPS) is 13.0. The third-order valence-electron chi connectivity index (χ3n) is 3.45. The van der Waals surface area contributed by atoms with Gasteiger partial charge in [0.25, 0.3) is 0 Å². The monoisotopic (exact) mass is 220 g/mol. The number of phenols is 1. The lowest BCUT2D eigenvalue weighted by Crippen LogP contribution is -2.07. The number of phenolic OH excluding ortho intramolecular Hbond substituents is 1. The summed E-state index contributed by atoms with van der Waals surface area (Å²) in [5, 5.41) is 9.71. The molecular weight excluding hydrogens is 196 g/mol. The largest absolute Gasteiger partial charge is 0.508 e. The van der Waals surface area contributed by atoms with E-state index in [9.17, 15) is 5.11 Å². The average molecular weight is 220 g/mol. The van der Waals surface area contributed by atoms with Gasteiger partial charge in [-0.2, -0.15) is 0 Å². The van der Waals surface area contributed by atoms with Crippen LogP contribution >= 0.6 is 0 Å². The Labute approximate surface area is 99.5 Å². The van der Waals surface area contributed by atoms with Gasteiger partial charge in [-0.1, -0.05) is 51.8 Å². The zero-order valence-electron chi connectivity index (χ0n) is 10.7. The Bertz CT molecular complexity index is 302. The van der Waals surface area contributed by atoms with E-state index >= 15 is 0 Å². The third kappa shape index (κ3) is 3.88. The molecule has 1 aromatic rings. The van der Waals surface area contributed by atoms with Gasteiger partial charge >= 0.3 is 0 Å². The number of hydrogen-bond donors (Lipinski definition) is 1. The van der Waals surface area contributed by atoms with Crippen molar-refractivity contribution in [3.8, 4) is 5.75 Å². The predicted molar refractivity (Wildman–Crippen MR) is 69.7 cm³/mol. The summed E-state index contributed by atoms with van der Waals surface area (Å²) in [6.07, 6.45) is 4.79. The van der Waals surface area contributed by atoms with Crippen LogP contribution in [0.25, 0.3) is 0 Å². The SMILES string of the molecule is CCC(CC)CC(C)Cc1ccccc1O. The standard InChI is InChI=1S/C15H24O/c1-4-13(5-2)10-12(3)11-14-8-6-7-9-15(14)16/h6-9,12-13,16H,4-5,10-11H2,1-3H3. The van der Waals surface area contributed by atoms with Gasteiger partial charge < -0.3 is 5.11 Å². The fourth-order valence-corrected chi connectivity index (χ4v) is 2.33. The van der Waals surface area contributed by atoms with Gasteiger partial charge in [-0.05, 0) is 36.3 Å². The molecule has 0 aromatic heterocycles. The second-order valence-corrected chi connectivity index (χ2v) is 4.86. The summed E-state index contributed by atoms with van der Waals surface area (Å²) in [6.45, 7) is 6.81. The maximum atomic E-state index is 9.71. The van der Waals surface area contributed by atoms with Crippen molar-refractivity contribution in [3.05, 3.63) is 29.8 Å². The van der Waals surface area contributed by atoms with E-state index in [-0.39, 0.29) is 0 Å². The van der Waals surface area contributed by atoms with Gasteiger partial charge in [-0.3, -0.25) is 0 Å². The van der Waals surface area contributed by atoms with Crippen LogP contribution < -0.4 is 0 Å². The van der Waals surface area contributed by atoms with E-state index in [1.165, 1.54) is 19.3 Å². The zero-order chi connectivity index (χ0) is 12.0. The van der Waals surface area contributed by atoms with Crippen LogP contribution in [-0.4, -0.2) is 5.11 Å². The highest BCUT2D eigenvalue weighted by Crippen LogP contribution is 2.25. The van der Waals surface area contributed by atoms with Crippen LogP contribution in [-0.2, 0) is 6.42 Å². The molecule has 16 heavy (non-hydrogen) atoms. The molecule has 1 nitrogen and oxygen atoms in total. The molecule has 1 N–H and O–H groups in total. The molecule has 1 rings (SSSR count). The molecule has 0 amide bonds. The molecule has 0 aliphatic carbocycles. The second kappa shape index (κ2) is 6.57. The lowest BCUT2D eigenvalue weighted by atomic mass is 9.88. The molecule has 1 heteroatoms. The first-order chi connectivity index (χ1) is 7.67. The highest BCUT2D eigenvalue weighted by molar-refractivity contribution is 5.31. The van der Waals surface area contributed by atoms with Crippen molar-refractivity contribution in [2.45, 2.75) is 46.5 Å². The predicted octanol–water partition coefficient (Wildman–Crippen LogP) is 4.40. The van der Waals surface area contributed by atoms with Crippen molar-refractivity contribution in [1.29, 1.82) is 0 Å². The summed E-state index contributed by atoms with van der Waals surface area (Å²) in [4.78, 5) is 0. The molecule has 0 heterocycles. The summed E-state index contributed by atoms with van der Waals surface area (Å²) < 4.78 is 0.